The number of benzene rings is 13. The molecule has 0 aliphatic carbocycles. The summed E-state index contributed by atoms with van der Waals surface area (Å²) in [5, 5.41) is 22.5. The summed E-state index contributed by atoms with van der Waals surface area (Å²) in [6.45, 7) is 0. The molecule has 0 saturated heterocycles. The number of fused-ring (bicyclic) bond motifs is 19. The van der Waals surface area contributed by atoms with E-state index in [1.807, 2.05) is 0 Å². The summed E-state index contributed by atoms with van der Waals surface area (Å²) in [6, 6.07) is 83.0. The van der Waals surface area contributed by atoms with Crippen molar-refractivity contribution in [2.24, 2.45) is 0 Å². The third-order valence-electron chi connectivity index (χ3n) is 14.5. The second kappa shape index (κ2) is 13.4. The largest absolute Gasteiger partial charge is 0.456 e. The molecule has 15 rings (SSSR count). The minimum Gasteiger partial charge on any atom is -0.456 e. The zero-order chi connectivity index (χ0) is 43.0. The molecular weight excluding hydrogens is 799 g/mol. The predicted octanol–water partition coefficient (Wildman–Crippen LogP) is 18.1. The SMILES string of the molecule is c1ccc2cc(-c3ccc4oc5ccc(-c6ccc7c(c6)c6ccccc6c6cc8c9ccccc9n(-c9ccc%10c%11ccccc%11c%11ccccc%11c%10c9)c8cc76)cc5c4c3)ccc2c1. The van der Waals surface area contributed by atoms with Gasteiger partial charge in [0.25, 0.3) is 0 Å². The lowest BCUT2D eigenvalue weighted by Gasteiger charge is -2.15. The maximum absolute atomic E-state index is 6.43. The first kappa shape index (κ1) is 35.7. The number of hydrogen-bond donors (Lipinski definition) is 0. The number of nitrogens with zero attached hydrogens (tertiary/aromatic N) is 1. The van der Waals surface area contributed by atoms with E-state index in [2.05, 4.69) is 229 Å². The molecule has 0 atom stereocenters. The lowest BCUT2D eigenvalue weighted by Crippen LogP contribution is -1.95. The molecule has 304 valence electrons. The van der Waals surface area contributed by atoms with Crippen molar-refractivity contribution in [1.29, 1.82) is 0 Å². The zero-order valence-corrected chi connectivity index (χ0v) is 35.7. The summed E-state index contributed by atoms with van der Waals surface area (Å²) >= 11 is 0. The molecule has 0 spiro atoms. The van der Waals surface area contributed by atoms with Gasteiger partial charge in [-0.2, -0.15) is 0 Å². The van der Waals surface area contributed by atoms with E-state index in [9.17, 15) is 0 Å². The standard InChI is InChI=1S/C64H37NO/c1-2-12-39-31-40(22-21-38(39)11-1)42-24-29-63-59(33-42)60-34-43(25-30-64(60)66-63)41-23-27-52-54(32-41)49-17-7-8-18-50(49)56-36-58-53-19-9-10-20-61(53)65(62(58)37-57(52)56)44-26-28-51-47-15-4-3-13-45(47)46-14-5-6-16-48(46)55(51)35-44/h1-37H. The fourth-order valence-electron chi connectivity index (χ4n) is 11.4. The van der Waals surface area contributed by atoms with E-state index in [1.54, 1.807) is 0 Å². The van der Waals surface area contributed by atoms with Gasteiger partial charge in [-0.1, -0.05) is 158 Å². The Morgan fingerprint density at radius 2 is 0.652 bits per heavy atom. The first-order valence-electron chi connectivity index (χ1n) is 22.8. The number of para-hydroxylation sites is 1. The predicted molar refractivity (Wildman–Crippen MR) is 281 cm³/mol. The first-order valence-corrected chi connectivity index (χ1v) is 22.8. The number of hydrogen-bond acceptors (Lipinski definition) is 1. The highest BCUT2D eigenvalue weighted by atomic mass is 16.3. The van der Waals surface area contributed by atoms with Crippen LogP contribution in [0.25, 0.3) is 147 Å². The van der Waals surface area contributed by atoms with E-state index < -0.39 is 0 Å². The minimum atomic E-state index is 0.897. The Morgan fingerprint density at radius 3 is 1.30 bits per heavy atom. The van der Waals surface area contributed by atoms with Crippen LogP contribution >= 0.6 is 0 Å². The van der Waals surface area contributed by atoms with E-state index in [0.717, 1.165) is 27.6 Å². The first-order chi connectivity index (χ1) is 32.7. The Labute approximate surface area is 378 Å². The molecule has 2 aromatic heterocycles. The van der Waals surface area contributed by atoms with Crippen LogP contribution in [-0.2, 0) is 0 Å². The average Bonchev–Trinajstić information content (AvgIpc) is 3.92. The van der Waals surface area contributed by atoms with Crippen molar-refractivity contribution in [1.82, 2.24) is 4.57 Å². The van der Waals surface area contributed by atoms with Gasteiger partial charge in [-0.25, -0.2) is 0 Å². The van der Waals surface area contributed by atoms with Crippen molar-refractivity contribution < 1.29 is 4.42 Å². The monoisotopic (exact) mass is 835 g/mol. The molecule has 0 aliphatic heterocycles. The van der Waals surface area contributed by atoms with Crippen LogP contribution in [0.4, 0.5) is 0 Å². The highest BCUT2D eigenvalue weighted by molar-refractivity contribution is 6.30. The van der Waals surface area contributed by atoms with Gasteiger partial charge in [0.1, 0.15) is 11.2 Å². The van der Waals surface area contributed by atoms with Crippen molar-refractivity contribution in [2.75, 3.05) is 0 Å². The number of furan rings is 1. The molecule has 13 aromatic carbocycles. The van der Waals surface area contributed by atoms with Crippen LogP contribution in [0.2, 0.25) is 0 Å². The van der Waals surface area contributed by atoms with Crippen LogP contribution in [0.3, 0.4) is 0 Å². The van der Waals surface area contributed by atoms with Crippen molar-refractivity contribution in [3.8, 4) is 27.9 Å². The lowest BCUT2D eigenvalue weighted by atomic mass is 9.91. The average molecular weight is 836 g/mol. The summed E-state index contributed by atoms with van der Waals surface area (Å²) in [6.07, 6.45) is 0. The molecule has 0 amide bonds. The Hall–Kier alpha value is -8.72. The molecule has 0 saturated carbocycles. The Bertz CT molecular complexity index is 4550. The molecule has 2 nitrogen and oxygen atoms in total. The molecule has 0 radical (unpaired) electrons. The molecule has 0 aliphatic rings. The van der Waals surface area contributed by atoms with Gasteiger partial charge in [-0.05, 0) is 164 Å². The highest BCUT2D eigenvalue weighted by Crippen LogP contribution is 2.44. The van der Waals surface area contributed by atoms with Crippen molar-refractivity contribution in [3.63, 3.8) is 0 Å². The molecule has 0 fully saturated rings. The van der Waals surface area contributed by atoms with Gasteiger partial charge < -0.3 is 8.98 Å². The summed E-state index contributed by atoms with van der Waals surface area (Å²) in [5.74, 6) is 0. The Balaban J connectivity index is 0.932. The second-order valence-corrected chi connectivity index (χ2v) is 18.0. The number of aromatic nitrogens is 1. The van der Waals surface area contributed by atoms with E-state index in [-0.39, 0.29) is 0 Å². The van der Waals surface area contributed by atoms with Crippen LogP contribution in [0.1, 0.15) is 0 Å². The van der Waals surface area contributed by atoms with Gasteiger partial charge in [0.05, 0.1) is 11.0 Å². The third-order valence-corrected chi connectivity index (χ3v) is 14.5. The van der Waals surface area contributed by atoms with Crippen LogP contribution in [0.5, 0.6) is 0 Å². The van der Waals surface area contributed by atoms with Crippen LogP contribution < -0.4 is 0 Å². The van der Waals surface area contributed by atoms with E-state index in [0.29, 0.717) is 0 Å². The van der Waals surface area contributed by atoms with Crippen LogP contribution in [0, 0.1) is 0 Å². The summed E-state index contributed by atoms with van der Waals surface area (Å²) < 4.78 is 8.92. The van der Waals surface area contributed by atoms with Gasteiger partial charge in [0.2, 0.25) is 0 Å². The highest BCUT2D eigenvalue weighted by Gasteiger charge is 2.19. The molecule has 2 heteroatoms. The van der Waals surface area contributed by atoms with Crippen LogP contribution in [-0.4, -0.2) is 4.57 Å². The minimum absolute atomic E-state index is 0.897. The van der Waals surface area contributed by atoms with Gasteiger partial charge in [-0.15, -0.1) is 0 Å². The maximum atomic E-state index is 6.43. The molecule has 0 unspecified atom stereocenters. The molecule has 2 heterocycles. The van der Waals surface area contributed by atoms with Crippen molar-refractivity contribution in [2.45, 2.75) is 0 Å². The molecule has 0 bridgehead atoms. The third kappa shape index (κ3) is 5.07. The fraction of sp³-hybridized carbons (Fsp3) is 0. The molecule has 0 N–H and O–H groups in total. The van der Waals surface area contributed by atoms with Gasteiger partial charge in [-0.3, -0.25) is 0 Å². The lowest BCUT2D eigenvalue weighted by molar-refractivity contribution is 0.669. The fourth-order valence-corrected chi connectivity index (χ4v) is 11.4. The summed E-state index contributed by atoms with van der Waals surface area (Å²) in [7, 11) is 0. The zero-order valence-electron chi connectivity index (χ0n) is 35.7. The van der Waals surface area contributed by atoms with Crippen molar-refractivity contribution >= 4 is 119 Å². The molecular formula is C64H37NO. The smallest absolute Gasteiger partial charge is 0.135 e. The van der Waals surface area contributed by atoms with Gasteiger partial charge in [0.15, 0.2) is 0 Å². The molecule has 15 aromatic rings. The van der Waals surface area contributed by atoms with Crippen LogP contribution in [0.15, 0.2) is 229 Å². The normalized spacial score (nSPS) is 12.2. The summed E-state index contributed by atoms with van der Waals surface area (Å²) in [5.41, 5.74) is 10.1. The Kier molecular flexibility index (Phi) is 7.25. The quantitative estimate of drug-likeness (QED) is 0.162. The van der Waals surface area contributed by atoms with E-state index in [4.69, 9.17) is 4.42 Å². The molecule has 66 heavy (non-hydrogen) atoms. The Morgan fingerprint density at radius 1 is 0.227 bits per heavy atom. The summed E-state index contributed by atoms with van der Waals surface area (Å²) in [4.78, 5) is 0. The number of rotatable bonds is 3. The van der Waals surface area contributed by atoms with Crippen molar-refractivity contribution in [3.05, 3.63) is 224 Å². The van der Waals surface area contributed by atoms with E-state index >= 15 is 0 Å². The van der Waals surface area contributed by atoms with Gasteiger partial charge >= 0.3 is 0 Å². The topological polar surface area (TPSA) is 18.1 Å². The van der Waals surface area contributed by atoms with Gasteiger partial charge in [0, 0.05) is 27.2 Å². The second-order valence-electron chi connectivity index (χ2n) is 18.0. The van der Waals surface area contributed by atoms with E-state index in [1.165, 1.54) is 119 Å². The maximum Gasteiger partial charge on any atom is 0.135 e.